The third-order valence-electron chi connectivity index (χ3n) is 2.90. The van der Waals surface area contributed by atoms with Crippen LogP contribution in [0.4, 0.5) is 5.69 Å². The van der Waals surface area contributed by atoms with E-state index in [9.17, 15) is 4.79 Å². The number of hydrogen-bond donors (Lipinski definition) is 1. The molecule has 1 heterocycles. The standard InChI is InChI=1S/C11H15N3O/c1-14(10-2-4-13-5-3-10)11(15)8-6-9(12)7-8/h2-5,8-9H,6-7,12H2,1H3. The molecule has 0 saturated heterocycles. The number of carbonyl (C=O) groups is 1. The highest BCUT2D eigenvalue weighted by atomic mass is 16.2. The normalized spacial score (nSPS) is 24.4. The maximum Gasteiger partial charge on any atom is 0.229 e. The molecule has 80 valence electrons. The van der Waals surface area contributed by atoms with Gasteiger partial charge in [0.1, 0.15) is 0 Å². The Morgan fingerprint density at radius 3 is 2.60 bits per heavy atom. The summed E-state index contributed by atoms with van der Waals surface area (Å²) < 4.78 is 0. The van der Waals surface area contributed by atoms with Crippen LogP contribution in [0.2, 0.25) is 0 Å². The first kappa shape index (κ1) is 10.1. The van der Waals surface area contributed by atoms with Gasteiger partial charge in [-0.2, -0.15) is 0 Å². The predicted octanol–water partition coefficient (Wildman–Crippen LogP) is 0.782. The summed E-state index contributed by atoms with van der Waals surface area (Å²) in [4.78, 5) is 17.5. The van der Waals surface area contributed by atoms with Gasteiger partial charge in [0.15, 0.2) is 0 Å². The van der Waals surface area contributed by atoms with Crippen molar-refractivity contribution in [3.8, 4) is 0 Å². The van der Waals surface area contributed by atoms with Gasteiger partial charge < -0.3 is 10.6 Å². The molecule has 2 N–H and O–H groups in total. The highest BCUT2D eigenvalue weighted by Gasteiger charge is 2.34. The van der Waals surface area contributed by atoms with E-state index in [1.54, 1.807) is 24.3 Å². The van der Waals surface area contributed by atoms with Crippen molar-refractivity contribution in [2.75, 3.05) is 11.9 Å². The fourth-order valence-electron chi connectivity index (χ4n) is 1.83. The van der Waals surface area contributed by atoms with Crippen molar-refractivity contribution in [1.29, 1.82) is 0 Å². The van der Waals surface area contributed by atoms with E-state index in [1.807, 2.05) is 12.1 Å². The van der Waals surface area contributed by atoms with Gasteiger partial charge in [0, 0.05) is 37.1 Å². The SMILES string of the molecule is CN(C(=O)C1CC(N)C1)c1ccncc1. The first-order valence-corrected chi connectivity index (χ1v) is 5.11. The van der Waals surface area contributed by atoms with Gasteiger partial charge >= 0.3 is 0 Å². The predicted molar refractivity (Wildman–Crippen MR) is 58.3 cm³/mol. The van der Waals surface area contributed by atoms with Crippen molar-refractivity contribution < 1.29 is 4.79 Å². The van der Waals surface area contributed by atoms with Gasteiger partial charge in [-0.3, -0.25) is 9.78 Å². The third kappa shape index (κ3) is 1.99. The van der Waals surface area contributed by atoms with E-state index in [0.29, 0.717) is 0 Å². The molecule has 15 heavy (non-hydrogen) atoms. The van der Waals surface area contributed by atoms with Crippen LogP contribution in [0.15, 0.2) is 24.5 Å². The molecule has 1 aliphatic rings. The van der Waals surface area contributed by atoms with E-state index < -0.39 is 0 Å². The van der Waals surface area contributed by atoms with Crippen molar-refractivity contribution in [3.05, 3.63) is 24.5 Å². The topological polar surface area (TPSA) is 59.2 Å². The summed E-state index contributed by atoms with van der Waals surface area (Å²) in [6, 6.07) is 3.87. The highest BCUT2D eigenvalue weighted by Crippen LogP contribution is 2.28. The molecule has 0 atom stereocenters. The first-order valence-electron chi connectivity index (χ1n) is 5.11. The van der Waals surface area contributed by atoms with Crippen LogP contribution in [0.1, 0.15) is 12.8 Å². The van der Waals surface area contributed by atoms with Crippen LogP contribution in [-0.4, -0.2) is 24.0 Å². The van der Waals surface area contributed by atoms with Crippen molar-refractivity contribution >= 4 is 11.6 Å². The molecule has 0 unspecified atom stereocenters. The Kier molecular flexibility index (Phi) is 2.68. The maximum atomic E-state index is 11.9. The van der Waals surface area contributed by atoms with Crippen molar-refractivity contribution in [2.45, 2.75) is 18.9 Å². The number of pyridine rings is 1. The lowest BCUT2D eigenvalue weighted by atomic mass is 9.80. The van der Waals surface area contributed by atoms with Crippen LogP contribution in [0.3, 0.4) is 0 Å². The quantitative estimate of drug-likeness (QED) is 0.776. The number of nitrogens with two attached hydrogens (primary N) is 1. The Bertz CT molecular complexity index is 346. The lowest BCUT2D eigenvalue weighted by Crippen LogP contribution is -2.45. The lowest BCUT2D eigenvalue weighted by molar-refractivity contribution is -0.124. The summed E-state index contributed by atoms with van der Waals surface area (Å²) in [6.07, 6.45) is 5.00. The highest BCUT2D eigenvalue weighted by molar-refractivity contribution is 5.95. The molecule has 1 aromatic heterocycles. The smallest absolute Gasteiger partial charge is 0.229 e. The molecular weight excluding hydrogens is 190 g/mol. The van der Waals surface area contributed by atoms with Crippen LogP contribution in [0.5, 0.6) is 0 Å². The van der Waals surface area contributed by atoms with Crippen molar-refractivity contribution in [3.63, 3.8) is 0 Å². The number of rotatable bonds is 2. The van der Waals surface area contributed by atoms with Crippen LogP contribution < -0.4 is 10.6 Å². The molecular formula is C11H15N3O. The van der Waals surface area contributed by atoms with Gasteiger partial charge in [0.05, 0.1) is 0 Å². The van der Waals surface area contributed by atoms with Crippen molar-refractivity contribution in [2.24, 2.45) is 11.7 Å². The Morgan fingerprint density at radius 1 is 1.47 bits per heavy atom. The van der Waals surface area contributed by atoms with Crippen LogP contribution in [0.25, 0.3) is 0 Å². The zero-order chi connectivity index (χ0) is 10.8. The van der Waals surface area contributed by atoms with E-state index in [2.05, 4.69) is 4.98 Å². The zero-order valence-corrected chi connectivity index (χ0v) is 8.76. The molecule has 0 aromatic carbocycles. The number of hydrogen-bond acceptors (Lipinski definition) is 3. The van der Waals surface area contributed by atoms with E-state index in [0.717, 1.165) is 18.5 Å². The van der Waals surface area contributed by atoms with Gasteiger partial charge in [-0.25, -0.2) is 0 Å². The van der Waals surface area contributed by atoms with Gasteiger partial charge in [-0.05, 0) is 25.0 Å². The van der Waals surface area contributed by atoms with E-state index >= 15 is 0 Å². The molecule has 1 saturated carbocycles. The van der Waals surface area contributed by atoms with Crippen LogP contribution in [0, 0.1) is 5.92 Å². The lowest BCUT2D eigenvalue weighted by Gasteiger charge is -2.34. The second kappa shape index (κ2) is 3.98. The minimum atomic E-state index is 0.109. The molecule has 0 radical (unpaired) electrons. The maximum absolute atomic E-state index is 11.9. The Labute approximate surface area is 89.1 Å². The second-order valence-corrected chi connectivity index (χ2v) is 4.03. The summed E-state index contributed by atoms with van der Waals surface area (Å²) >= 11 is 0. The van der Waals surface area contributed by atoms with Crippen LogP contribution in [-0.2, 0) is 4.79 Å². The average Bonchev–Trinajstić information content (AvgIpc) is 2.24. The number of anilines is 1. The fourth-order valence-corrected chi connectivity index (χ4v) is 1.83. The van der Waals surface area contributed by atoms with E-state index in [4.69, 9.17) is 5.73 Å². The molecule has 0 aliphatic heterocycles. The monoisotopic (exact) mass is 205 g/mol. The Hall–Kier alpha value is -1.42. The molecule has 0 spiro atoms. The van der Waals surface area contributed by atoms with Gasteiger partial charge in [0.25, 0.3) is 0 Å². The molecule has 4 heteroatoms. The zero-order valence-electron chi connectivity index (χ0n) is 8.76. The summed E-state index contributed by atoms with van der Waals surface area (Å²) in [6.45, 7) is 0. The third-order valence-corrected chi connectivity index (χ3v) is 2.90. The minimum Gasteiger partial charge on any atom is -0.328 e. The van der Waals surface area contributed by atoms with Crippen molar-refractivity contribution in [1.82, 2.24) is 4.98 Å². The number of aromatic nitrogens is 1. The molecule has 1 fully saturated rings. The van der Waals surface area contributed by atoms with Gasteiger partial charge in [-0.15, -0.1) is 0 Å². The van der Waals surface area contributed by atoms with Gasteiger partial charge in [-0.1, -0.05) is 0 Å². The fraction of sp³-hybridized carbons (Fsp3) is 0.455. The summed E-state index contributed by atoms with van der Waals surface area (Å²) in [5, 5.41) is 0. The Morgan fingerprint density at radius 2 is 2.07 bits per heavy atom. The minimum absolute atomic E-state index is 0.109. The summed E-state index contributed by atoms with van der Waals surface area (Å²) in [7, 11) is 1.79. The Balaban J connectivity index is 2.02. The molecule has 4 nitrogen and oxygen atoms in total. The molecule has 1 amide bonds. The van der Waals surface area contributed by atoms with Crippen LogP contribution >= 0.6 is 0 Å². The average molecular weight is 205 g/mol. The van der Waals surface area contributed by atoms with E-state index in [-0.39, 0.29) is 17.9 Å². The molecule has 1 aliphatic carbocycles. The summed E-state index contributed by atoms with van der Waals surface area (Å²) in [5.41, 5.74) is 6.55. The number of nitrogens with zero attached hydrogens (tertiary/aromatic N) is 2. The van der Waals surface area contributed by atoms with Gasteiger partial charge in [0.2, 0.25) is 5.91 Å². The second-order valence-electron chi connectivity index (χ2n) is 4.03. The summed E-state index contributed by atoms with van der Waals surface area (Å²) in [5.74, 6) is 0.265. The number of amides is 1. The molecule has 2 rings (SSSR count). The molecule has 1 aromatic rings. The largest absolute Gasteiger partial charge is 0.328 e. The number of carbonyl (C=O) groups excluding carboxylic acids is 1. The molecule has 0 bridgehead atoms. The van der Waals surface area contributed by atoms with E-state index in [1.165, 1.54) is 0 Å². The first-order chi connectivity index (χ1) is 7.18.